The SMILES string of the molecule is O=C(O)Cn1nnc(-c2cnc(N3CC4CN(c5cc(Cl)ccc5F)CC4C3)s2)n1. The second kappa shape index (κ2) is 7.47. The van der Waals surface area contributed by atoms with Crippen LogP contribution in [0, 0.1) is 17.7 Å². The van der Waals surface area contributed by atoms with Gasteiger partial charge in [0.05, 0.1) is 16.8 Å². The standard InChI is InChI=1S/C18H17ClFN7O2S/c19-12-1-2-13(20)14(3-12)25-5-10-7-26(8-11(10)6-25)18-21-4-15(30-18)17-22-24-27(23-17)9-16(28)29/h1-4,10-11H,5-9H2,(H,28,29). The van der Waals surface area contributed by atoms with Gasteiger partial charge in [0.1, 0.15) is 5.82 Å². The lowest BCUT2D eigenvalue weighted by atomic mass is 10.0. The smallest absolute Gasteiger partial charge is 0.327 e. The normalized spacial score (nSPS) is 20.7. The zero-order valence-electron chi connectivity index (χ0n) is 15.6. The van der Waals surface area contributed by atoms with Crippen LogP contribution in [0.5, 0.6) is 0 Å². The summed E-state index contributed by atoms with van der Waals surface area (Å²) in [7, 11) is 0. The zero-order chi connectivity index (χ0) is 20.8. The van der Waals surface area contributed by atoms with E-state index < -0.39 is 5.97 Å². The molecule has 5 rings (SSSR count). The fraction of sp³-hybridized carbons (Fsp3) is 0.389. The van der Waals surface area contributed by atoms with Crippen molar-refractivity contribution in [1.29, 1.82) is 0 Å². The number of carboxylic acids is 1. The number of fused-ring (bicyclic) bond motifs is 1. The van der Waals surface area contributed by atoms with E-state index in [-0.39, 0.29) is 12.4 Å². The number of hydrogen-bond donors (Lipinski definition) is 1. The third-order valence-electron chi connectivity index (χ3n) is 5.45. The highest BCUT2D eigenvalue weighted by molar-refractivity contribution is 7.18. The molecule has 9 nitrogen and oxygen atoms in total. The summed E-state index contributed by atoms with van der Waals surface area (Å²) >= 11 is 7.50. The first kappa shape index (κ1) is 19.2. The molecule has 3 aromatic rings. The summed E-state index contributed by atoms with van der Waals surface area (Å²) in [4.78, 5) is 21.3. The van der Waals surface area contributed by atoms with Crippen molar-refractivity contribution in [2.45, 2.75) is 6.54 Å². The average Bonchev–Trinajstić information content (AvgIpc) is 3.44. The number of tetrazole rings is 1. The quantitative estimate of drug-likeness (QED) is 0.633. The molecule has 2 aliphatic heterocycles. The van der Waals surface area contributed by atoms with Crippen molar-refractivity contribution in [3.63, 3.8) is 0 Å². The van der Waals surface area contributed by atoms with Gasteiger partial charge in [-0.2, -0.15) is 4.80 Å². The van der Waals surface area contributed by atoms with Crippen molar-refractivity contribution in [1.82, 2.24) is 25.2 Å². The number of carbonyl (C=O) groups is 1. The first-order valence-electron chi connectivity index (χ1n) is 9.37. The molecule has 0 bridgehead atoms. The van der Waals surface area contributed by atoms with E-state index in [1.165, 1.54) is 17.4 Å². The predicted octanol–water partition coefficient (Wildman–Crippen LogP) is 2.25. The summed E-state index contributed by atoms with van der Waals surface area (Å²) < 4.78 is 14.2. The molecule has 4 heterocycles. The third kappa shape index (κ3) is 3.58. The van der Waals surface area contributed by atoms with Crippen LogP contribution >= 0.6 is 22.9 Å². The van der Waals surface area contributed by atoms with Crippen molar-refractivity contribution in [3.8, 4) is 10.7 Å². The highest BCUT2D eigenvalue weighted by atomic mass is 35.5. The van der Waals surface area contributed by atoms with Gasteiger partial charge < -0.3 is 14.9 Å². The van der Waals surface area contributed by atoms with E-state index in [0.29, 0.717) is 28.4 Å². The van der Waals surface area contributed by atoms with Crippen molar-refractivity contribution < 1.29 is 14.3 Å². The largest absolute Gasteiger partial charge is 0.480 e. The second-order valence-electron chi connectivity index (χ2n) is 7.47. The number of thiazole rings is 1. The minimum Gasteiger partial charge on any atom is -0.480 e. The lowest BCUT2D eigenvalue weighted by molar-refractivity contribution is -0.138. The molecule has 1 aromatic carbocycles. The molecule has 0 aliphatic carbocycles. The molecule has 0 saturated carbocycles. The van der Waals surface area contributed by atoms with E-state index in [1.807, 2.05) is 0 Å². The molecule has 2 fully saturated rings. The minimum atomic E-state index is -1.03. The van der Waals surface area contributed by atoms with E-state index in [4.69, 9.17) is 16.7 Å². The summed E-state index contributed by atoms with van der Waals surface area (Å²) in [5, 5.41) is 22.0. The Morgan fingerprint density at radius 2 is 1.97 bits per heavy atom. The highest BCUT2D eigenvalue weighted by Gasteiger charge is 2.41. The van der Waals surface area contributed by atoms with Gasteiger partial charge in [-0.1, -0.05) is 22.9 Å². The van der Waals surface area contributed by atoms with Gasteiger partial charge >= 0.3 is 5.97 Å². The molecule has 2 aliphatic rings. The van der Waals surface area contributed by atoms with Crippen LogP contribution in [0.15, 0.2) is 24.4 Å². The van der Waals surface area contributed by atoms with E-state index in [9.17, 15) is 9.18 Å². The van der Waals surface area contributed by atoms with Crippen LogP contribution < -0.4 is 9.80 Å². The lowest BCUT2D eigenvalue weighted by Crippen LogP contribution is -2.29. The van der Waals surface area contributed by atoms with Crippen LogP contribution in [0.3, 0.4) is 0 Å². The number of rotatable bonds is 5. The van der Waals surface area contributed by atoms with Crippen LogP contribution in [0.1, 0.15) is 0 Å². The zero-order valence-corrected chi connectivity index (χ0v) is 17.2. The van der Waals surface area contributed by atoms with Gasteiger partial charge in [0.15, 0.2) is 11.7 Å². The van der Waals surface area contributed by atoms with Gasteiger partial charge in [-0.25, -0.2) is 9.37 Å². The Morgan fingerprint density at radius 3 is 2.70 bits per heavy atom. The van der Waals surface area contributed by atoms with E-state index in [2.05, 4.69) is 30.2 Å². The highest BCUT2D eigenvalue weighted by Crippen LogP contribution is 2.39. The molecule has 1 N–H and O–H groups in total. The molecule has 30 heavy (non-hydrogen) atoms. The first-order valence-corrected chi connectivity index (χ1v) is 10.6. The number of nitrogens with zero attached hydrogens (tertiary/aromatic N) is 7. The van der Waals surface area contributed by atoms with Crippen molar-refractivity contribution in [2.24, 2.45) is 11.8 Å². The molecule has 2 aromatic heterocycles. The molecule has 2 unspecified atom stereocenters. The van der Waals surface area contributed by atoms with Gasteiger partial charge in [-0.3, -0.25) is 4.79 Å². The number of aliphatic carboxylic acids is 1. The topological polar surface area (TPSA) is 100 Å². The molecular weight excluding hydrogens is 433 g/mol. The number of benzene rings is 1. The Kier molecular flexibility index (Phi) is 4.78. The lowest BCUT2D eigenvalue weighted by Gasteiger charge is -2.23. The third-order valence-corrected chi connectivity index (χ3v) is 6.74. The van der Waals surface area contributed by atoms with Crippen LogP contribution in [-0.2, 0) is 11.3 Å². The van der Waals surface area contributed by atoms with Gasteiger partial charge in [-0.05, 0) is 23.4 Å². The van der Waals surface area contributed by atoms with Gasteiger partial charge in [-0.15, -0.1) is 10.2 Å². The van der Waals surface area contributed by atoms with Gasteiger partial charge in [0, 0.05) is 43.0 Å². The summed E-state index contributed by atoms with van der Waals surface area (Å²) in [5.74, 6) is -0.0684. The van der Waals surface area contributed by atoms with Gasteiger partial charge in [0.25, 0.3) is 0 Å². The number of aromatic nitrogens is 5. The van der Waals surface area contributed by atoms with Crippen LogP contribution in [0.25, 0.3) is 10.7 Å². The van der Waals surface area contributed by atoms with Gasteiger partial charge in [0.2, 0.25) is 5.82 Å². The van der Waals surface area contributed by atoms with Crippen LogP contribution in [0.4, 0.5) is 15.2 Å². The van der Waals surface area contributed by atoms with Crippen molar-refractivity contribution >= 4 is 39.7 Å². The second-order valence-corrected chi connectivity index (χ2v) is 8.92. The molecule has 0 amide bonds. The molecule has 12 heteroatoms. The molecule has 156 valence electrons. The fourth-order valence-electron chi connectivity index (χ4n) is 4.12. The summed E-state index contributed by atoms with van der Waals surface area (Å²) in [6.07, 6.45) is 1.68. The Bertz CT molecular complexity index is 1090. The fourth-order valence-corrected chi connectivity index (χ4v) is 5.14. The molecule has 2 atom stereocenters. The number of halogens is 2. The maximum Gasteiger partial charge on any atom is 0.327 e. The maximum atomic E-state index is 14.2. The Hall–Kier alpha value is -2.79. The van der Waals surface area contributed by atoms with E-state index in [1.54, 1.807) is 18.3 Å². The summed E-state index contributed by atoms with van der Waals surface area (Å²) in [6.45, 7) is 2.91. The molecule has 0 spiro atoms. The molecule has 2 saturated heterocycles. The first-order chi connectivity index (χ1) is 14.5. The average molecular weight is 450 g/mol. The number of carboxylic acid groups (broad SMARTS) is 1. The Labute approximate surface area is 179 Å². The van der Waals surface area contributed by atoms with Crippen molar-refractivity contribution in [3.05, 3.63) is 35.2 Å². The van der Waals surface area contributed by atoms with Crippen LogP contribution in [0.2, 0.25) is 5.02 Å². The maximum absolute atomic E-state index is 14.2. The molecule has 0 radical (unpaired) electrons. The number of anilines is 2. The van der Waals surface area contributed by atoms with E-state index in [0.717, 1.165) is 41.0 Å². The predicted molar refractivity (Wildman–Crippen MR) is 109 cm³/mol. The Balaban J connectivity index is 1.25. The minimum absolute atomic E-state index is 0.246. The van der Waals surface area contributed by atoms with Crippen LogP contribution in [-0.4, -0.2) is 62.4 Å². The van der Waals surface area contributed by atoms with E-state index >= 15 is 0 Å². The summed E-state index contributed by atoms with van der Waals surface area (Å²) in [5.41, 5.74) is 0.565. The molecular formula is C18H17ClFN7O2S. The summed E-state index contributed by atoms with van der Waals surface area (Å²) in [6, 6.07) is 4.66. The van der Waals surface area contributed by atoms with Crippen molar-refractivity contribution in [2.75, 3.05) is 36.0 Å². The Morgan fingerprint density at radius 1 is 1.23 bits per heavy atom. The monoisotopic (exact) mass is 449 g/mol. The number of hydrogen-bond acceptors (Lipinski definition) is 8.